The molecule has 118 valence electrons. The first-order chi connectivity index (χ1) is 11.1. The minimum absolute atomic E-state index is 0.0823. The van der Waals surface area contributed by atoms with E-state index in [9.17, 15) is 4.79 Å². The molecule has 0 unspecified atom stereocenters. The van der Waals surface area contributed by atoms with E-state index in [0.717, 1.165) is 35.3 Å². The van der Waals surface area contributed by atoms with Gasteiger partial charge >= 0.3 is 0 Å². The van der Waals surface area contributed by atoms with Gasteiger partial charge in [0.25, 0.3) is 5.91 Å². The largest absolute Gasteiger partial charge is 0.378 e. The molecule has 1 saturated carbocycles. The predicted molar refractivity (Wildman–Crippen MR) is 92.8 cm³/mol. The minimum Gasteiger partial charge on any atom is -0.378 e. The van der Waals surface area contributed by atoms with Crippen molar-refractivity contribution in [1.82, 2.24) is 4.90 Å². The van der Waals surface area contributed by atoms with Crippen LogP contribution in [0.15, 0.2) is 48.5 Å². The fourth-order valence-electron chi connectivity index (χ4n) is 3.20. The Hall–Kier alpha value is -2.49. The highest BCUT2D eigenvalue weighted by Crippen LogP contribution is 2.40. The molecule has 2 aliphatic rings. The smallest absolute Gasteiger partial charge is 0.258 e. The third kappa shape index (κ3) is 2.44. The van der Waals surface area contributed by atoms with Gasteiger partial charge in [-0.1, -0.05) is 24.3 Å². The fourth-order valence-corrected chi connectivity index (χ4v) is 3.20. The van der Waals surface area contributed by atoms with Crippen molar-refractivity contribution >= 4 is 17.3 Å². The van der Waals surface area contributed by atoms with E-state index < -0.39 is 0 Å². The number of fused-ring (bicyclic) bond motifs is 1. The number of rotatable bonds is 3. The summed E-state index contributed by atoms with van der Waals surface area (Å²) in [5.41, 5.74) is 4.00. The summed E-state index contributed by atoms with van der Waals surface area (Å²) in [4.78, 5) is 17.0. The van der Waals surface area contributed by atoms with Crippen molar-refractivity contribution in [3.05, 3.63) is 59.7 Å². The molecule has 4 rings (SSSR count). The van der Waals surface area contributed by atoms with Crippen LogP contribution in [0.5, 0.6) is 0 Å². The molecule has 1 atom stereocenters. The van der Waals surface area contributed by atoms with Crippen LogP contribution in [0.2, 0.25) is 0 Å². The lowest BCUT2D eigenvalue weighted by Gasteiger charge is -2.38. The molecule has 1 fully saturated rings. The number of para-hydroxylation sites is 1. The summed E-state index contributed by atoms with van der Waals surface area (Å²) in [6, 6.07) is 16.6. The van der Waals surface area contributed by atoms with Gasteiger partial charge in [0, 0.05) is 31.5 Å². The van der Waals surface area contributed by atoms with Gasteiger partial charge in [-0.3, -0.25) is 4.79 Å². The Morgan fingerprint density at radius 1 is 1.04 bits per heavy atom. The predicted octanol–water partition coefficient (Wildman–Crippen LogP) is 3.48. The standard InChI is InChI=1S/C19H21N3O/c1-21(2)14-9-7-13(8-10-14)18-20-17-6-4-3-5-16(17)19(23)22(18)15-11-12-15/h3-10,15,18,20H,11-12H2,1-2H3/t18-/m0/s1. The molecule has 23 heavy (non-hydrogen) atoms. The van der Waals surface area contributed by atoms with E-state index in [4.69, 9.17) is 0 Å². The van der Waals surface area contributed by atoms with Crippen molar-refractivity contribution in [3.63, 3.8) is 0 Å². The quantitative estimate of drug-likeness (QED) is 0.943. The lowest BCUT2D eigenvalue weighted by atomic mass is 10.0. The van der Waals surface area contributed by atoms with Crippen molar-refractivity contribution in [3.8, 4) is 0 Å². The van der Waals surface area contributed by atoms with Gasteiger partial charge in [-0.25, -0.2) is 0 Å². The van der Waals surface area contributed by atoms with Crippen LogP contribution in [-0.2, 0) is 0 Å². The van der Waals surface area contributed by atoms with E-state index in [1.165, 1.54) is 0 Å². The van der Waals surface area contributed by atoms with Crippen LogP contribution in [0.25, 0.3) is 0 Å². The van der Waals surface area contributed by atoms with Gasteiger partial charge in [-0.15, -0.1) is 0 Å². The Balaban J connectivity index is 1.73. The van der Waals surface area contributed by atoms with Gasteiger partial charge in [0.2, 0.25) is 0 Å². The number of anilines is 2. The maximum atomic E-state index is 12.9. The van der Waals surface area contributed by atoms with Crippen molar-refractivity contribution in [2.75, 3.05) is 24.3 Å². The van der Waals surface area contributed by atoms with Crippen LogP contribution >= 0.6 is 0 Å². The summed E-state index contributed by atoms with van der Waals surface area (Å²) in [6.45, 7) is 0. The second-order valence-corrected chi connectivity index (χ2v) is 6.52. The Morgan fingerprint density at radius 3 is 2.39 bits per heavy atom. The van der Waals surface area contributed by atoms with E-state index >= 15 is 0 Å². The fraction of sp³-hybridized carbons (Fsp3) is 0.316. The number of carbonyl (C=O) groups is 1. The molecular weight excluding hydrogens is 286 g/mol. The number of nitrogens with one attached hydrogen (secondary N) is 1. The molecule has 1 N–H and O–H groups in total. The average molecular weight is 307 g/mol. The first kappa shape index (κ1) is 14.1. The van der Waals surface area contributed by atoms with Crippen molar-refractivity contribution in [1.29, 1.82) is 0 Å². The third-order valence-corrected chi connectivity index (χ3v) is 4.63. The van der Waals surface area contributed by atoms with Gasteiger partial charge in [0.15, 0.2) is 0 Å². The van der Waals surface area contributed by atoms with E-state index in [0.29, 0.717) is 6.04 Å². The van der Waals surface area contributed by atoms with Gasteiger partial charge in [-0.2, -0.15) is 0 Å². The monoisotopic (exact) mass is 307 g/mol. The summed E-state index contributed by atoms with van der Waals surface area (Å²) < 4.78 is 0. The average Bonchev–Trinajstić information content (AvgIpc) is 3.39. The number of nitrogens with zero attached hydrogens (tertiary/aromatic N) is 2. The summed E-state index contributed by atoms with van der Waals surface area (Å²) in [6.07, 6.45) is 2.12. The number of carbonyl (C=O) groups excluding carboxylic acids is 1. The zero-order chi connectivity index (χ0) is 16.0. The maximum Gasteiger partial charge on any atom is 0.258 e. The summed E-state index contributed by atoms with van der Waals surface area (Å²) >= 11 is 0. The van der Waals surface area contributed by atoms with Gasteiger partial charge in [-0.05, 0) is 42.7 Å². The molecule has 0 radical (unpaired) electrons. The zero-order valence-corrected chi connectivity index (χ0v) is 13.5. The summed E-state index contributed by atoms with van der Waals surface area (Å²) in [7, 11) is 4.06. The summed E-state index contributed by atoms with van der Waals surface area (Å²) in [5.74, 6) is 0.142. The number of amides is 1. The Bertz CT molecular complexity index is 735. The molecule has 0 bridgehead atoms. The van der Waals surface area contributed by atoms with E-state index in [-0.39, 0.29) is 12.1 Å². The first-order valence-corrected chi connectivity index (χ1v) is 8.10. The van der Waals surface area contributed by atoms with Crippen molar-refractivity contribution in [2.45, 2.75) is 25.0 Å². The number of hydrogen-bond donors (Lipinski definition) is 1. The molecule has 2 aromatic rings. The first-order valence-electron chi connectivity index (χ1n) is 8.10. The molecular formula is C19H21N3O. The van der Waals surface area contributed by atoms with Gasteiger partial charge < -0.3 is 15.1 Å². The molecule has 2 aromatic carbocycles. The highest BCUT2D eigenvalue weighted by Gasteiger charge is 2.41. The molecule has 1 aliphatic heterocycles. The molecule has 0 spiro atoms. The molecule has 1 aliphatic carbocycles. The molecule has 4 heteroatoms. The van der Waals surface area contributed by atoms with Crippen LogP contribution in [0, 0.1) is 0 Å². The lowest BCUT2D eigenvalue weighted by Crippen LogP contribution is -2.44. The molecule has 1 amide bonds. The van der Waals surface area contributed by atoms with Crippen LogP contribution in [-0.4, -0.2) is 30.9 Å². The van der Waals surface area contributed by atoms with Crippen LogP contribution in [0.4, 0.5) is 11.4 Å². The zero-order valence-electron chi connectivity index (χ0n) is 13.5. The molecule has 0 saturated heterocycles. The van der Waals surface area contributed by atoms with E-state index in [1.54, 1.807) is 0 Å². The Kier molecular flexibility index (Phi) is 3.26. The van der Waals surface area contributed by atoms with E-state index in [2.05, 4.69) is 34.5 Å². The topological polar surface area (TPSA) is 35.6 Å². The van der Waals surface area contributed by atoms with E-state index in [1.807, 2.05) is 43.3 Å². The SMILES string of the molecule is CN(C)c1ccc([C@H]2Nc3ccccc3C(=O)N2C2CC2)cc1. The van der Waals surface area contributed by atoms with Crippen molar-refractivity contribution in [2.24, 2.45) is 0 Å². The second-order valence-electron chi connectivity index (χ2n) is 6.52. The normalized spacial score (nSPS) is 20.0. The number of hydrogen-bond acceptors (Lipinski definition) is 3. The molecule has 0 aromatic heterocycles. The Labute approximate surface area is 136 Å². The lowest BCUT2D eigenvalue weighted by molar-refractivity contribution is 0.0666. The van der Waals surface area contributed by atoms with Gasteiger partial charge in [0.1, 0.15) is 6.17 Å². The minimum atomic E-state index is -0.0823. The number of benzene rings is 2. The van der Waals surface area contributed by atoms with Crippen LogP contribution < -0.4 is 10.2 Å². The summed E-state index contributed by atoms with van der Waals surface area (Å²) in [5, 5.41) is 3.56. The maximum absolute atomic E-state index is 12.9. The molecule has 1 heterocycles. The highest BCUT2D eigenvalue weighted by molar-refractivity contribution is 6.02. The third-order valence-electron chi connectivity index (χ3n) is 4.63. The van der Waals surface area contributed by atoms with Gasteiger partial charge in [0.05, 0.1) is 5.56 Å². The van der Waals surface area contributed by atoms with Crippen LogP contribution in [0.3, 0.4) is 0 Å². The Morgan fingerprint density at radius 2 is 1.74 bits per heavy atom. The molecule has 4 nitrogen and oxygen atoms in total. The van der Waals surface area contributed by atoms with Crippen LogP contribution in [0.1, 0.15) is 34.9 Å². The second kappa shape index (κ2) is 5.30. The van der Waals surface area contributed by atoms with Crippen molar-refractivity contribution < 1.29 is 4.79 Å². The highest BCUT2D eigenvalue weighted by atomic mass is 16.2.